The smallest absolute Gasteiger partial charge is 0.306 e. The first-order chi connectivity index (χ1) is 33.5. The van der Waals surface area contributed by atoms with Crippen molar-refractivity contribution in [3.05, 3.63) is 60.8 Å². The largest absolute Gasteiger partial charge is 0.462 e. The number of ether oxygens (including phenoxy) is 4. The van der Waals surface area contributed by atoms with Crippen molar-refractivity contribution in [2.75, 3.05) is 19.0 Å². The summed E-state index contributed by atoms with van der Waals surface area (Å²) in [5.41, 5.74) is 0. The van der Waals surface area contributed by atoms with Crippen molar-refractivity contribution in [3.63, 3.8) is 0 Å². The van der Waals surface area contributed by atoms with Gasteiger partial charge in [-0.1, -0.05) is 197 Å². The molecule has 0 spiro atoms. The molecule has 4 N–H and O–H groups in total. The number of rotatable bonds is 46. The number of unbranched alkanes of at least 4 members (excludes halogenated alkanes) is 24. The number of hydrogen-bond donors (Lipinski definition) is 4. The number of esters is 2. The van der Waals surface area contributed by atoms with Gasteiger partial charge in [-0.05, 0) is 77.0 Å². The van der Waals surface area contributed by atoms with E-state index >= 15 is 0 Å². The second kappa shape index (κ2) is 45.2. The summed E-state index contributed by atoms with van der Waals surface area (Å²) in [6, 6.07) is 0. The maximum absolute atomic E-state index is 12.9. The first kappa shape index (κ1) is 64.4. The van der Waals surface area contributed by atoms with E-state index in [-0.39, 0.29) is 19.4 Å². The number of allylic oxidation sites excluding steroid dienone is 10. The lowest BCUT2D eigenvalue weighted by molar-refractivity contribution is -0.297. The molecule has 400 valence electrons. The number of carbonyl (C=O) groups is 2. The van der Waals surface area contributed by atoms with Gasteiger partial charge in [-0.25, -0.2) is 0 Å². The molecule has 0 aliphatic carbocycles. The summed E-state index contributed by atoms with van der Waals surface area (Å²) in [6.07, 6.45) is 48.2. The van der Waals surface area contributed by atoms with Crippen LogP contribution < -0.4 is 0 Å². The van der Waals surface area contributed by atoms with Gasteiger partial charge in [-0.3, -0.25) is 14.1 Å². The van der Waals surface area contributed by atoms with Crippen LogP contribution in [0.4, 0.5) is 0 Å². The van der Waals surface area contributed by atoms with Gasteiger partial charge in [0.15, 0.2) is 12.4 Å². The van der Waals surface area contributed by atoms with Gasteiger partial charge in [-0.15, -0.1) is 0 Å². The Morgan fingerprint density at radius 1 is 0.507 bits per heavy atom. The van der Waals surface area contributed by atoms with Gasteiger partial charge in [0.1, 0.15) is 36.8 Å². The minimum Gasteiger partial charge on any atom is -0.462 e. The molecule has 1 aliphatic heterocycles. The first-order valence-electron chi connectivity index (χ1n) is 27.3. The molecular weight excluding hydrogens is 897 g/mol. The summed E-state index contributed by atoms with van der Waals surface area (Å²) in [6.45, 7) is 3.67. The van der Waals surface area contributed by atoms with Crippen LogP contribution in [0.25, 0.3) is 0 Å². The predicted molar refractivity (Wildman–Crippen MR) is 279 cm³/mol. The Morgan fingerprint density at radius 2 is 0.913 bits per heavy atom. The van der Waals surface area contributed by atoms with Gasteiger partial charge in [0, 0.05) is 12.8 Å². The number of carbonyl (C=O) groups excluding carboxylic acids is 2. The highest BCUT2D eigenvalue weighted by molar-refractivity contribution is 7.85. The highest BCUT2D eigenvalue weighted by Gasteiger charge is 2.46. The Morgan fingerprint density at radius 3 is 1.38 bits per heavy atom. The van der Waals surface area contributed by atoms with Crippen molar-refractivity contribution in [2.24, 2.45) is 0 Å². The first-order valence-corrected chi connectivity index (χ1v) is 29.0. The number of aliphatic hydroxyl groups excluding tert-OH is 3. The van der Waals surface area contributed by atoms with Crippen molar-refractivity contribution in [2.45, 2.75) is 263 Å². The zero-order chi connectivity index (χ0) is 50.5. The van der Waals surface area contributed by atoms with E-state index in [4.69, 9.17) is 18.9 Å². The molecule has 0 aromatic carbocycles. The van der Waals surface area contributed by atoms with E-state index in [9.17, 15) is 37.9 Å². The van der Waals surface area contributed by atoms with E-state index in [1.807, 2.05) is 0 Å². The van der Waals surface area contributed by atoms with Gasteiger partial charge in [-0.2, -0.15) is 8.42 Å². The quantitative estimate of drug-likeness (QED) is 0.0196. The molecule has 1 saturated heterocycles. The van der Waals surface area contributed by atoms with E-state index < -0.39 is 71.2 Å². The molecule has 1 heterocycles. The monoisotopic (exact) mass is 995 g/mol. The standard InChI is InChI=1S/C56H98O12S/c1-3-5-7-9-11-13-15-17-19-21-23-24-25-26-27-29-31-33-35-37-39-41-43-45-52(58)67-49(47-66-56-55(61)54(60)53(59)50(68-56)48-69(62,63)64)46-65-51(57)44-42-40-38-36-34-32-30-28-22-20-18-16-14-12-10-8-6-4-2/h5,7,11,13,17,19-20,22-24,49-50,53-56,59-61H,3-4,6,8-10,12,14-16,18,21,25-48H2,1-2H3,(H,62,63,64)/b7-5-,13-11-,19-17-,22-20-,24-23-. The van der Waals surface area contributed by atoms with Gasteiger partial charge in [0.05, 0.1) is 6.61 Å². The molecule has 1 fully saturated rings. The minimum atomic E-state index is -4.61. The van der Waals surface area contributed by atoms with Crippen LogP contribution in [-0.4, -0.2) is 96.0 Å². The molecule has 0 aromatic rings. The predicted octanol–water partition coefficient (Wildman–Crippen LogP) is 12.8. The highest BCUT2D eigenvalue weighted by atomic mass is 32.2. The second-order valence-electron chi connectivity index (χ2n) is 18.9. The molecule has 1 rings (SSSR count). The van der Waals surface area contributed by atoms with Crippen molar-refractivity contribution in [1.29, 1.82) is 0 Å². The normalized spacial score (nSPS) is 19.5. The van der Waals surface area contributed by atoms with E-state index in [2.05, 4.69) is 74.6 Å². The highest BCUT2D eigenvalue weighted by Crippen LogP contribution is 2.24. The minimum absolute atomic E-state index is 0.156. The zero-order valence-electron chi connectivity index (χ0n) is 43.2. The molecular formula is C56H98O12S. The fraction of sp³-hybridized carbons (Fsp3) is 0.786. The molecule has 0 aromatic heterocycles. The molecule has 0 bridgehead atoms. The van der Waals surface area contributed by atoms with Crippen molar-refractivity contribution in [1.82, 2.24) is 0 Å². The molecule has 0 amide bonds. The SMILES string of the molecule is CC/C=C\C/C=C\C/C=C\C/C=C\CCCCCCCCCCCCC(=O)OC(COC(=O)CCCCCCCCC/C=C\CCCCCCCCC)COC1OC(CS(=O)(=O)O)C(O)C(O)C1O. The number of hydrogen-bond acceptors (Lipinski definition) is 11. The van der Waals surface area contributed by atoms with E-state index in [0.29, 0.717) is 12.8 Å². The summed E-state index contributed by atoms with van der Waals surface area (Å²) < 4.78 is 54.3. The van der Waals surface area contributed by atoms with Crippen LogP contribution >= 0.6 is 0 Å². The topological polar surface area (TPSA) is 186 Å². The zero-order valence-corrected chi connectivity index (χ0v) is 44.0. The van der Waals surface area contributed by atoms with Gasteiger partial charge < -0.3 is 34.3 Å². The summed E-state index contributed by atoms with van der Waals surface area (Å²) in [4.78, 5) is 25.6. The van der Waals surface area contributed by atoms with Crippen LogP contribution in [0.2, 0.25) is 0 Å². The molecule has 0 radical (unpaired) electrons. The Kier molecular flexibility index (Phi) is 42.2. The summed E-state index contributed by atoms with van der Waals surface area (Å²) >= 11 is 0. The molecule has 0 saturated carbocycles. The van der Waals surface area contributed by atoms with Crippen molar-refractivity contribution < 1.29 is 56.8 Å². The Bertz CT molecular complexity index is 1490. The van der Waals surface area contributed by atoms with E-state index in [0.717, 1.165) is 83.5 Å². The average molecular weight is 995 g/mol. The van der Waals surface area contributed by atoms with Crippen LogP contribution in [0, 0.1) is 0 Å². The van der Waals surface area contributed by atoms with E-state index in [1.54, 1.807) is 0 Å². The lowest BCUT2D eigenvalue weighted by Gasteiger charge is -2.40. The maximum atomic E-state index is 12.9. The summed E-state index contributed by atoms with van der Waals surface area (Å²) in [5.74, 6) is -1.99. The Hall–Kier alpha value is -2.65. The second-order valence-corrected chi connectivity index (χ2v) is 20.4. The molecule has 69 heavy (non-hydrogen) atoms. The van der Waals surface area contributed by atoms with Gasteiger partial charge in [0.25, 0.3) is 10.1 Å². The van der Waals surface area contributed by atoms with Crippen LogP contribution in [0.15, 0.2) is 60.8 Å². The molecule has 12 nitrogen and oxygen atoms in total. The number of aliphatic hydroxyl groups is 3. The van der Waals surface area contributed by atoms with Gasteiger partial charge in [0.2, 0.25) is 0 Å². The van der Waals surface area contributed by atoms with Crippen LogP contribution in [0.1, 0.15) is 226 Å². The molecule has 13 heteroatoms. The lowest BCUT2D eigenvalue weighted by atomic mass is 10.00. The maximum Gasteiger partial charge on any atom is 0.306 e. The van der Waals surface area contributed by atoms with E-state index in [1.165, 1.54) is 103 Å². The van der Waals surface area contributed by atoms with Crippen molar-refractivity contribution >= 4 is 22.1 Å². The third-order valence-corrected chi connectivity index (χ3v) is 13.1. The molecule has 1 aliphatic rings. The lowest BCUT2D eigenvalue weighted by Crippen LogP contribution is -2.60. The molecule has 6 atom stereocenters. The average Bonchev–Trinajstić information content (AvgIpc) is 3.32. The third-order valence-electron chi connectivity index (χ3n) is 12.3. The van der Waals surface area contributed by atoms with Gasteiger partial charge >= 0.3 is 11.9 Å². The summed E-state index contributed by atoms with van der Waals surface area (Å²) in [7, 11) is -4.61. The molecule has 6 unspecified atom stereocenters. The fourth-order valence-electron chi connectivity index (χ4n) is 8.13. The van der Waals surface area contributed by atoms with Crippen molar-refractivity contribution in [3.8, 4) is 0 Å². The Balaban J connectivity index is 2.34. The third kappa shape index (κ3) is 39.6. The van der Waals surface area contributed by atoms with Crippen LogP contribution in [0.5, 0.6) is 0 Å². The van der Waals surface area contributed by atoms with Crippen LogP contribution in [-0.2, 0) is 38.7 Å². The Labute approximate surface area is 419 Å². The summed E-state index contributed by atoms with van der Waals surface area (Å²) in [5, 5.41) is 31.0. The van der Waals surface area contributed by atoms with Crippen LogP contribution in [0.3, 0.4) is 0 Å². The fourth-order valence-corrected chi connectivity index (χ4v) is 8.83.